The Labute approximate surface area is 58.1 Å². The summed E-state index contributed by atoms with van der Waals surface area (Å²) < 4.78 is 0. The molecule has 0 saturated heterocycles. The van der Waals surface area contributed by atoms with Gasteiger partial charge in [0, 0.05) is 0 Å². The van der Waals surface area contributed by atoms with Gasteiger partial charge in [0.15, 0.2) is 0 Å². The van der Waals surface area contributed by atoms with Gasteiger partial charge in [0.25, 0.3) is 0 Å². The number of benzene rings is 1. The van der Waals surface area contributed by atoms with Crippen LogP contribution in [0.15, 0.2) is 35.6 Å². The molecule has 0 radical (unpaired) electrons. The third-order valence-electron chi connectivity index (χ3n) is 0.998. The van der Waals surface area contributed by atoms with Crippen molar-refractivity contribution in [3.05, 3.63) is 40.8 Å². The molecule has 10 heavy (non-hydrogen) atoms. The van der Waals surface area contributed by atoms with Crippen LogP contribution in [0.5, 0.6) is 0 Å². The smallest absolute Gasteiger partial charge is 0.128 e. The van der Waals surface area contributed by atoms with E-state index in [4.69, 9.17) is 5.53 Å². The molecule has 0 spiro atoms. The van der Waals surface area contributed by atoms with Crippen LogP contribution in [0, 0.1) is 0 Å². The Morgan fingerprint density at radius 2 is 2.00 bits per heavy atom. The minimum atomic E-state index is 0.792. The van der Waals surface area contributed by atoms with Crippen LogP contribution in [0.2, 0.25) is 0 Å². The Morgan fingerprint density at radius 1 is 1.30 bits per heavy atom. The first-order valence-electron chi connectivity index (χ1n) is 2.78. The zero-order chi connectivity index (χ0) is 7.23. The van der Waals surface area contributed by atoms with Crippen molar-refractivity contribution in [1.29, 1.82) is 0 Å². The molecule has 0 bridgehead atoms. The Bertz CT molecular complexity index is 237. The van der Waals surface area contributed by atoms with E-state index in [9.17, 15) is 0 Å². The molecule has 0 heterocycles. The van der Waals surface area contributed by atoms with Crippen molar-refractivity contribution in [3.63, 3.8) is 0 Å². The Balaban J connectivity index is 2.67. The maximum atomic E-state index is 7.92. The molecule has 4 nitrogen and oxygen atoms in total. The van der Waals surface area contributed by atoms with Gasteiger partial charge >= 0.3 is 0 Å². The van der Waals surface area contributed by atoms with Crippen molar-refractivity contribution in [2.24, 2.45) is 5.22 Å². The van der Waals surface area contributed by atoms with E-state index in [1.54, 1.807) is 0 Å². The number of anilines is 1. The summed E-state index contributed by atoms with van der Waals surface area (Å²) in [6.07, 6.45) is 0. The molecule has 0 saturated carbocycles. The molecule has 0 aliphatic heterocycles. The van der Waals surface area contributed by atoms with Crippen LogP contribution >= 0.6 is 0 Å². The average molecular weight is 134 g/mol. The van der Waals surface area contributed by atoms with Crippen LogP contribution in [-0.4, -0.2) is 0 Å². The van der Waals surface area contributed by atoms with Crippen LogP contribution in [0.25, 0.3) is 10.4 Å². The number of azide groups is 1. The van der Waals surface area contributed by atoms with Crippen molar-refractivity contribution < 1.29 is 0 Å². The van der Waals surface area contributed by atoms with E-state index in [1.807, 2.05) is 30.3 Å². The highest BCUT2D eigenvalue weighted by Crippen LogP contribution is 2.03. The minimum Gasteiger partial charge on any atom is -0.227 e. The Morgan fingerprint density at radius 3 is 2.60 bits per heavy atom. The molecular weight excluding hydrogens is 128 g/mol. The van der Waals surface area contributed by atoms with E-state index in [0.717, 1.165) is 5.69 Å². The van der Waals surface area contributed by atoms with E-state index in [2.05, 4.69) is 15.6 Å². The Hall–Kier alpha value is -1.67. The van der Waals surface area contributed by atoms with E-state index in [-0.39, 0.29) is 0 Å². The topological polar surface area (TPSA) is 60.8 Å². The molecule has 0 aliphatic carbocycles. The maximum Gasteiger partial charge on any atom is 0.128 e. The van der Waals surface area contributed by atoms with Crippen molar-refractivity contribution in [3.8, 4) is 0 Å². The first-order valence-corrected chi connectivity index (χ1v) is 2.78. The number of rotatable bonds is 2. The number of hydrogen-bond acceptors (Lipinski definition) is 1. The van der Waals surface area contributed by atoms with Gasteiger partial charge in [-0.1, -0.05) is 18.2 Å². The summed E-state index contributed by atoms with van der Waals surface area (Å²) in [6, 6.07) is 9.23. The van der Waals surface area contributed by atoms with Crippen LogP contribution in [0.4, 0.5) is 5.69 Å². The fourth-order valence-corrected chi connectivity index (χ4v) is 0.593. The average Bonchev–Trinajstić information content (AvgIpc) is 2.03. The fraction of sp³-hybridized carbons (Fsp3) is 0. The molecule has 4 heteroatoms. The first-order chi connectivity index (χ1) is 4.93. The summed E-state index contributed by atoms with van der Waals surface area (Å²) in [4.78, 5) is 2.54. The van der Waals surface area contributed by atoms with Crippen LogP contribution in [0.1, 0.15) is 0 Å². The second kappa shape index (κ2) is 3.37. The van der Waals surface area contributed by atoms with Crippen molar-refractivity contribution in [2.75, 3.05) is 5.43 Å². The SMILES string of the molecule is [N-]=[N+]=NNc1ccccc1. The lowest BCUT2D eigenvalue weighted by atomic mass is 10.3. The van der Waals surface area contributed by atoms with Gasteiger partial charge in [-0.3, -0.25) is 0 Å². The quantitative estimate of drug-likeness (QED) is 0.287. The molecule has 0 aromatic heterocycles. The van der Waals surface area contributed by atoms with Crippen LogP contribution in [-0.2, 0) is 0 Å². The molecule has 1 rings (SSSR count). The molecule has 1 aromatic carbocycles. The lowest BCUT2D eigenvalue weighted by Crippen LogP contribution is -1.82. The van der Waals surface area contributed by atoms with Crippen molar-refractivity contribution in [2.45, 2.75) is 0 Å². The highest BCUT2D eigenvalue weighted by Gasteiger charge is 1.85. The summed E-state index contributed by atoms with van der Waals surface area (Å²) in [6.45, 7) is 0. The summed E-state index contributed by atoms with van der Waals surface area (Å²) in [5.74, 6) is 0. The monoisotopic (exact) mass is 134 g/mol. The summed E-state index contributed by atoms with van der Waals surface area (Å²) in [5, 5.41) is 3.17. The van der Waals surface area contributed by atoms with Crippen molar-refractivity contribution in [1.82, 2.24) is 0 Å². The maximum absolute atomic E-state index is 7.92. The summed E-state index contributed by atoms with van der Waals surface area (Å²) >= 11 is 0. The van der Waals surface area contributed by atoms with Gasteiger partial charge < -0.3 is 0 Å². The number of nitrogens with one attached hydrogen (secondary N) is 1. The molecule has 50 valence electrons. The number of para-hydroxylation sites is 1. The van der Waals surface area contributed by atoms with Gasteiger partial charge in [-0.05, 0) is 17.4 Å². The molecule has 0 unspecified atom stereocenters. The van der Waals surface area contributed by atoms with E-state index in [0.29, 0.717) is 0 Å². The van der Waals surface area contributed by atoms with Gasteiger partial charge in [-0.15, -0.1) is 5.53 Å². The third kappa shape index (κ3) is 1.69. The molecule has 0 aliphatic rings. The Kier molecular flexibility index (Phi) is 2.18. The first kappa shape index (κ1) is 6.45. The predicted octanol–water partition coefficient (Wildman–Crippen LogP) is 2.32. The van der Waals surface area contributed by atoms with Crippen LogP contribution in [0.3, 0.4) is 0 Å². The zero-order valence-corrected chi connectivity index (χ0v) is 5.23. The largest absolute Gasteiger partial charge is 0.227 e. The lowest BCUT2D eigenvalue weighted by Gasteiger charge is -1.90. The lowest BCUT2D eigenvalue weighted by molar-refractivity contribution is 1.30. The molecule has 0 fully saturated rings. The second-order valence-corrected chi connectivity index (χ2v) is 1.67. The standard InChI is InChI=1S/C6H6N4/c7-9-10-8-6-4-2-1-3-5-6/h1-5,8H. The van der Waals surface area contributed by atoms with Gasteiger partial charge in [-0.2, -0.15) is 4.91 Å². The van der Waals surface area contributed by atoms with Gasteiger partial charge in [0.05, 0.1) is 0 Å². The van der Waals surface area contributed by atoms with Gasteiger partial charge in [0.1, 0.15) is 5.69 Å². The molecular formula is C6H6N4. The minimum absolute atomic E-state index is 0.792. The third-order valence-corrected chi connectivity index (χ3v) is 0.998. The van der Waals surface area contributed by atoms with E-state index >= 15 is 0 Å². The predicted molar refractivity (Wildman–Crippen MR) is 39.2 cm³/mol. The highest BCUT2D eigenvalue weighted by molar-refractivity contribution is 5.41. The van der Waals surface area contributed by atoms with Gasteiger partial charge in [-0.25, -0.2) is 5.43 Å². The van der Waals surface area contributed by atoms with Crippen LogP contribution < -0.4 is 5.43 Å². The fourth-order valence-electron chi connectivity index (χ4n) is 0.593. The molecule has 1 N–H and O–H groups in total. The number of nitrogens with zero attached hydrogens (tertiary/aromatic N) is 3. The van der Waals surface area contributed by atoms with E-state index < -0.39 is 0 Å². The normalized spacial score (nSPS) is 8.00. The molecule has 1 aromatic rings. The van der Waals surface area contributed by atoms with Crippen molar-refractivity contribution >= 4 is 5.69 Å². The summed E-state index contributed by atoms with van der Waals surface area (Å²) in [5.41, 5.74) is 11.2. The molecule has 0 atom stereocenters. The number of hydrogen-bond donors (Lipinski definition) is 1. The van der Waals surface area contributed by atoms with E-state index in [1.165, 1.54) is 0 Å². The van der Waals surface area contributed by atoms with Gasteiger partial charge in [0.2, 0.25) is 0 Å². The summed E-state index contributed by atoms with van der Waals surface area (Å²) in [7, 11) is 0. The molecule has 0 amide bonds. The highest BCUT2D eigenvalue weighted by atomic mass is 15.4. The second-order valence-electron chi connectivity index (χ2n) is 1.67. The zero-order valence-electron chi connectivity index (χ0n) is 5.23.